The van der Waals surface area contributed by atoms with Crippen LogP contribution in [-0.2, 0) is 22.7 Å². The number of nitrogens with zero attached hydrogens (tertiary/aromatic N) is 3. The number of carbonyl (C=O) groups is 1. The average molecular weight is 731 g/mol. The summed E-state index contributed by atoms with van der Waals surface area (Å²) in [6.45, 7) is 7.01. The predicted octanol–water partition coefficient (Wildman–Crippen LogP) is 5.38. The number of likely N-dealkylation sites (tertiary alicyclic amines) is 1. The lowest BCUT2D eigenvalue weighted by Crippen LogP contribution is -2.52. The fourth-order valence-corrected chi connectivity index (χ4v) is 6.84. The zero-order chi connectivity index (χ0) is 37.1. The van der Waals surface area contributed by atoms with E-state index in [9.17, 15) is 25.4 Å². The Morgan fingerprint density at radius 1 is 1.13 bits per heavy atom. The Morgan fingerprint density at radius 3 is 2.62 bits per heavy atom. The van der Waals surface area contributed by atoms with E-state index in [0.717, 1.165) is 50.0 Å². The Labute approximate surface area is 310 Å². The fourth-order valence-electron chi connectivity index (χ4n) is 6.60. The number of carboxylic acids is 1. The van der Waals surface area contributed by atoms with Gasteiger partial charge in [0.1, 0.15) is 42.4 Å². The van der Waals surface area contributed by atoms with Crippen molar-refractivity contribution in [2.45, 2.75) is 64.0 Å². The second-order valence-electron chi connectivity index (χ2n) is 13.7. The Balaban J connectivity index is 1.40. The number of halogens is 1. The third-order valence-corrected chi connectivity index (χ3v) is 10.2. The van der Waals surface area contributed by atoms with Crippen LogP contribution in [0.1, 0.15) is 55.4 Å². The second kappa shape index (κ2) is 18.0. The number of nitrogens with one attached hydrogen (secondary N) is 1. The van der Waals surface area contributed by atoms with Crippen LogP contribution in [0.5, 0.6) is 11.5 Å². The second-order valence-corrected chi connectivity index (χ2v) is 14.1. The van der Waals surface area contributed by atoms with E-state index in [1.54, 1.807) is 24.4 Å². The summed E-state index contributed by atoms with van der Waals surface area (Å²) in [6.07, 6.45) is 11.4. The summed E-state index contributed by atoms with van der Waals surface area (Å²) < 4.78 is 19.6. The quantitative estimate of drug-likeness (QED) is 0.132. The summed E-state index contributed by atoms with van der Waals surface area (Å²) in [4.78, 5) is 18.1. The van der Waals surface area contributed by atoms with E-state index in [1.807, 2.05) is 24.3 Å². The molecule has 2 heterocycles. The molecule has 1 aromatic heterocycles. The number of pyridine rings is 1. The summed E-state index contributed by atoms with van der Waals surface area (Å²) >= 11 is 6.84. The molecule has 0 radical (unpaired) electrons. The molecule has 52 heavy (non-hydrogen) atoms. The van der Waals surface area contributed by atoms with Crippen molar-refractivity contribution >= 4 is 23.1 Å². The lowest BCUT2D eigenvalue weighted by molar-refractivity contribution is -0.140. The van der Waals surface area contributed by atoms with Crippen molar-refractivity contribution in [2.24, 2.45) is 5.41 Å². The van der Waals surface area contributed by atoms with Gasteiger partial charge in [0.05, 0.1) is 23.3 Å². The minimum Gasteiger partial charge on any atom is -0.488 e. The fraction of sp³-hybridized carbons (Fsp3) is 0.425. The minimum atomic E-state index is -1.19. The molecule has 0 amide bonds. The van der Waals surface area contributed by atoms with Crippen molar-refractivity contribution in [1.29, 1.82) is 5.26 Å². The van der Waals surface area contributed by atoms with Gasteiger partial charge in [-0.3, -0.25) is 15.1 Å². The van der Waals surface area contributed by atoms with Gasteiger partial charge in [-0.15, -0.1) is 0 Å². The Morgan fingerprint density at radius 2 is 1.90 bits per heavy atom. The lowest BCUT2D eigenvalue weighted by atomic mass is 9.65. The SMILES string of the molecule is CC1(C)C(c2ccccc2)=CC=CC1(COc1cc(OCc2cncc(C#N)c2)c(CNC(CO)C(=O)O)cc1Cl)OCCCN1CCC(O)CC1. The normalized spacial score (nSPS) is 19.4. The van der Waals surface area contributed by atoms with Gasteiger partial charge in [0.25, 0.3) is 0 Å². The highest BCUT2D eigenvalue weighted by Gasteiger charge is 2.49. The molecule has 1 saturated heterocycles. The van der Waals surface area contributed by atoms with Crippen molar-refractivity contribution in [3.8, 4) is 17.6 Å². The zero-order valence-corrected chi connectivity index (χ0v) is 30.4. The van der Waals surface area contributed by atoms with Crippen LogP contribution in [0.3, 0.4) is 0 Å². The van der Waals surface area contributed by atoms with Gasteiger partial charge in [0, 0.05) is 67.8 Å². The first-order valence-corrected chi connectivity index (χ1v) is 17.9. The number of aromatic nitrogens is 1. The highest BCUT2D eigenvalue weighted by molar-refractivity contribution is 6.32. The zero-order valence-electron chi connectivity index (χ0n) is 29.6. The van der Waals surface area contributed by atoms with Gasteiger partial charge in [-0.05, 0) is 48.6 Å². The number of aliphatic carboxylic acids is 1. The number of carboxylic acid groups (broad SMARTS) is 1. The first-order valence-electron chi connectivity index (χ1n) is 17.5. The van der Waals surface area contributed by atoms with E-state index < -0.39 is 29.6 Å². The highest BCUT2D eigenvalue weighted by atomic mass is 35.5. The molecule has 0 spiro atoms. The lowest BCUT2D eigenvalue weighted by Gasteiger charge is -2.47. The van der Waals surface area contributed by atoms with Gasteiger partial charge in [0.2, 0.25) is 0 Å². The minimum absolute atomic E-state index is 0.0351. The van der Waals surface area contributed by atoms with Crippen molar-refractivity contribution in [3.63, 3.8) is 0 Å². The number of rotatable bonds is 17. The highest BCUT2D eigenvalue weighted by Crippen LogP contribution is 2.49. The smallest absolute Gasteiger partial charge is 0.323 e. The number of nitriles is 1. The summed E-state index contributed by atoms with van der Waals surface area (Å²) in [5.74, 6) is -0.472. The van der Waals surface area contributed by atoms with Gasteiger partial charge in [0.15, 0.2) is 0 Å². The maximum absolute atomic E-state index is 11.6. The van der Waals surface area contributed by atoms with E-state index in [0.29, 0.717) is 34.8 Å². The molecule has 4 N–H and O–H groups in total. The third kappa shape index (κ3) is 9.58. The summed E-state index contributed by atoms with van der Waals surface area (Å²) in [6, 6.07) is 16.1. The molecule has 2 aromatic carbocycles. The average Bonchev–Trinajstić information content (AvgIpc) is 3.14. The van der Waals surface area contributed by atoms with Crippen molar-refractivity contribution in [1.82, 2.24) is 15.2 Å². The van der Waals surface area contributed by atoms with Crippen LogP contribution in [0.2, 0.25) is 5.02 Å². The van der Waals surface area contributed by atoms with Crippen molar-refractivity contribution in [2.75, 3.05) is 39.5 Å². The van der Waals surface area contributed by atoms with Gasteiger partial charge in [-0.1, -0.05) is 67.9 Å². The number of benzene rings is 2. The van der Waals surface area contributed by atoms with Crippen molar-refractivity contribution < 1.29 is 34.3 Å². The van der Waals surface area contributed by atoms with Crippen LogP contribution < -0.4 is 14.8 Å². The first-order chi connectivity index (χ1) is 25.0. The number of hydrogen-bond acceptors (Lipinski definition) is 10. The van der Waals surface area contributed by atoms with Gasteiger partial charge in [-0.25, -0.2) is 0 Å². The van der Waals surface area contributed by atoms with Gasteiger partial charge in [-0.2, -0.15) is 5.26 Å². The Kier molecular flexibility index (Phi) is 13.5. The molecule has 3 aromatic rings. The molecule has 1 aliphatic heterocycles. The van der Waals surface area contributed by atoms with E-state index in [1.165, 1.54) is 6.20 Å². The van der Waals surface area contributed by atoms with Gasteiger partial charge >= 0.3 is 5.97 Å². The number of aliphatic hydroxyl groups is 2. The van der Waals surface area contributed by atoms with Crippen LogP contribution in [0.4, 0.5) is 0 Å². The van der Waals surface area contributed by atoms with E-state index in [-0.39, 0.29) is 30.9 Å². The standard InChI is InChI=1S/C40H47ClN4O7/c1-39(2)33(30-8-4-3-5-9-30)10-6-13-40(39,52-17-7-14-45-15-11-32(47)12-16-45)27-51-37-20-36(50-26-29-18-28(21-42)22-43-23-29)31(19-34(37)41)24-44-35(25-46)38(48)49/h3-6,8-10,13,18-20,22-23,32,35,44,46-47H,7,11-12,14-17,24-27H2,1-2H3,(H,48,49). The third-order valence-electron chi connectivity index (χ3n) is 9.87. The maximum atomic E-state index is 11.6. The number of aliphatic hydroxyl groups excluding tert-OH is 2. The van der Waals surface area contributed by atoms with E-state index in [2.05, 4.69) is 59.4 Å². The molecule has 1 fully saturated rings. The Hall–Kier alpha value is -4.28. The largest absolute Gasteiger partial charge is 0.488 e. The summed E-state index contributed by atoms with van der Waals surface area (Å²) in [7, 11) is 0. The molecule has 1 aliphatic carbocycles. The summed E-state index contributed by atoms with van der Waals surface area (Å²) in [5.41, 5.74) is 2.35. The molecule has 0 saturated carbocycles. The molecule has 2 aliphatic rings. The topological polar surface area (TPSA) is 157 Å². The van der Waals surface area contributed by atoms with Crippen LogP contribution >= 0.6 is 11.6 Å². The number of hydrogen-bond donors (Lipinski definition) is 4. The molecular weight excluding hydrogens is 684 g/mol. The van der Waals surface area contributed by atoms with Gasteiger partial charge < -0.3 is 34.4 Å². The Bertz CT molecular complexity index is 1770. The molecule has 276 valence electrons. The predicted molar refractivity (Wildman–Crippen MR) is 198 cm³/mol. The van der Waals surface area contributed by atoms with Crippen LogP contribution in [-0.4, -0.2) is 88.4 Å². The van der Waals surface area contributed by atoms with E-state index >= 15 is 0 Å². The molecule has 0 bridgehead atoms. The summed E-state index contributed by atoms with van der Waals surface area (Å²) in [5, 5.41) is 41.4. The number of ether oxygens (including phenoxy) is 3. The molecule has 11 nitrogen and oxygen atoms in total. The first kappa shape index (κ1) is 38.9. The molecule has 5 rings (SSSR count). The number of piperidine rings is 1. The molecule has 2 atom stereocenters. The molecular formula is C40H47ClN4O7. The van der Waals surface area contributed by atoms with Crippen molar-refractivity contribution in [3.05, 3.63) is 106 Å². The molecule has 12 heteroatoms. The molecule has 2 unspecified atom stereocenters. The van der Waals surface area contributed by atoms with E-state index in [4.69, 9.17) is 25.8 Å². The van der Waals surface area contributed by atoms with Crippen LogP contribution in [0.15, 0.2) is 79.2 Å². The monoisotopic (exact) mass is 730 g/mol. The number of allylic oxidation sites excluding steroid dienone is 2. The van der Waals surface area contributed by atoms with Crippen LogP contribution in [0, 0.1) is 16.7 Å². The maximum Gasteiger partial charge on any atom is 0.323 e. The van der Waals surface area contributed by atoms with Crippen LogP contribution in [0.25, 0.3) is 5.57 Å².